The van der Waals surface area contributed by atoms with Crippen LogP contribution in [0.4, 0.5) is 5.69 Å². The quantitative estimate of drug-likeness (QED) is 0.628. The molecule has 4 rings (SSSR count). The number of carbonyl (C=O) groups is 1. The molecule has 2 N–H and O–H groups in total. The molecular formula is C21H21N3O5S2. The molecule has 1 unspecified atom stereocenters. The fourth-order valence-corrected chi connectivity index (χ4v) is 5.98. The SMILES string of the molecule is CC(c1cccc(S(N)(=O)=O)c1)N(C)C(=O)CN1c2cccc3cccc(c23)S1(=O)=O. The van der Waals surface area contributed by atoms with Gasteiger partial charge in [0.05, 0.1) is 21.5 Å². The van der Waals surface area contributed by atoms with Gasteiger partial charge in [0.15, 0.2) is 0 Å². The predicted molar refractivity (Wildman–Crippen MR) is 117 cm³/mol. The zero-order valence-electron chi connectivity index (χ0n) is 16.9. The van der Waals surface area contributed by atoms with E-state index in [1.807, 2.05) is 12.1 Å². The molecule has 0 bridgehead atoms. The van der Waals surface area contributed by atoms with E-state index < -0.39 is 32.0 Å². The predicted octanol–water partition coefficient (Wildman–Crippen LogP) is 2.22. The fraction of sp³-hybridized carbons (Fsp3) is 0.190. The summed E-state index contributed by atoms with van der Waals surface area (Å²) in [4.78, 5) is 14.6. The maximum Gasteiger partial charge on any atom is 0.265 e. The summed E-state index contributed by atoms with van der Waals surface area (Å²) in [5, 5.41) is 6.59. The van der Waals surface area contributed by atoms with E-state index in [0.717, 1.165) is 9.69 Å². The first-order valence-electron chi connectivity index (χ1n) is 9.45. The number of nitrogens with two attached hydrogens (primary N) is 1. The molecule has 31 heavy (non-hydrogen) atoms. The Morgan fingerprint density at radius 2 is 1.74 bits per heavy atom. The third-order valence-electron chi connectivity index (χ3n) is 5.60. The molecule has 1 amide bonds. The summed E-state index contributed by atoms with van der Waals surface area (Å²) in [7, 11) is -6.19. The standard InChI is InChI=1S/C21H21N3O5S2/c1-14(16-8-3-9-17(12-16)30(22,26)27)23(2)20(25)13-24-18-10-4-6-15-7-5-11-19(21(15)18)31(24,28)29/h3-12,14H,13H2,1-2H3,(H2,22,26,27). The first-order valence-corrected chi connectivity index (χ1v) is 12.4. The average Bonchev–Trinajstić information content (AvgIpc) is 2.95. The van der Waals surface area contributed by atoms with Gasteiger partial charge in [-0.05, 0) is 42.1 Å². The van der Waals surface area contributed by atoms with Crippen LogP contribution in [0.2, 0.25) is 0 Å². The lowest BCUT2D eigenvalue weighted by molar-refractivity contribution is -0.130. The second-order valence-electron chi connectivity index (χ2n) is 7.44. The van der Waals surface area contributed by atoms with Gasteiger partial charge in [-0.3, -0.25) is 9.10 Å². The van der Waals surface area contributed by atoms with Gasteiger partial charge in [-0.15, -0.1) is 0 Å². The normalized spacial score (nSPS) is 15.8. The first kappa shape index (κ1) is 21.3. The van der Waals surface area contributed by atoms with Crippen molar-refractivity contribution in [3.8, 4) is 0 Å². The summed E-state index contributed by atoms with van der Waals surface area (Å²) in [5.41, 5.74) is 1.04. The van der Waals surface area contributed by atoms with Crippen LogP contribution >= 0.6 is 0 Å². The number of rotatable bonds is 5. The van der Waals surface area contributed by atoms with E-state index in [1.54, 1.807) is 44.3 Å². The number of carbonyl (C=O) groups excluding carboxylic acids is 1. The van der Waals surface area contributed by atoms with Gasteiger partial charge in [0, 0.05) is 12.4 Å². The minimum atomic E-state index is -3.88. The molecule has 0 aromatic heterocycles. The minimum absolute atomic E-state index is 0.0538. The van der Waals surface area contributed by atoms with Crippen molar-refractivity contribution >= 4 is 42.4 Å². The van der Waals surface area contributed by atoms with Gasteiger partial charge in [-0.2, -0.15) is 0 Å². The van der Waals surface area contributed by atoms with Crippen LogP contribution in [-0.4, -0.2) is 41.2 Å². The largest absolute Gasteiger partial charge is 0.337 e. The lowest BCUT2D eigenvalue weighted by atomic mass is 10.1. The molecular weight excluding hydrogens is 438 g/mol. The second-order valence-corrected chi connectivity index (χ2v) is 10.8. The molecule has 1 aliphatic heterocycles. The van der Waals surface area contributed by atoms with E-state index in [2.05, 4.69) is 0 Å². The molecule has 0 radical (unpaired) electrons. The van der Waals surface area contributed by atoms with Gasteiger partial charge < -0.3 is 4.90 Å². The molecule has 3 aromatic rings. The molecule has 0 spiro atoms. The summed E-state index contributed by atoms with van der Waals surface area (Å²) in [5.74, 6) is -0.429. The zero-order chi connectivity index (χ0) is 22.6. The summed E-state index contributed by atoms with van der Waals surface area (Å²) in [6, 6.07) is 15.8. The highest BCUT2D eigenvalue weighted by Crippen LogP contribution is 2.41. The van der Waals surface area contributed by atoms with Crippen LogP contribution in [0.1, 0.15) is 18.5 Å². The molecule has 1 heterocycles. The summed E-state index contributed by atoms with van der Waals surface area (Å²) in [6.07, 6.45) is 0. The minimum Gasteiger partial charge on any atom is -0.337 e. The highest BCUT2D eigenvalue weighted by Gasteiger charge is 2.37. The third-order valence-corrected chi connectivity index (χ3v) is 8.32. The topological polar surface area (TPSA) is 118 Å². The maximum absolute atomic E-state index is 13.1. The van der Waals surface area contributed by atoms with E-state index in [4.69, 9.17) is 5.14 Å². The number of benzene rings is 3. The lowest BCUT2D eigenvalue weighted by Gasteiger charge is -2.28. The van der Waals surface area contributed by atoms with E-state index in [-0.39, 0.29) is 16.3 Å². The average molecular weight is 460 g/mol. The van der Waals surface area contributed by atoms with Gasteiger partial charge in [-0.25, -0.2) is 22.0 Å². The smallest absolute Gasteiger partial charge is 0.265 e. The number of amides is 1. The van der Waals surface area contributed by atoms with Crippen molar-refractivity contribution in [2.24, 2.45) is 5.14 Å². The van der Waals surface area contributed by atoms with Crippen molar-refractivity contribution in [3.63, 3.8) is 0 Å². The van der Waals surface area contributed by atoms with Crippen molar-refractivity contribution in [3.05, 3.63) is 66.2 Å². The number of anilines is 1. The highest BCUT2D eigenvalue weighted by molar-refractivity contribution is 7.93. The number of hydrogen-bond donors (Lipinski definition) is 1. The third kappa shape index (κ3) is 3.56. The molecule has 8 nitrogen and oxygen atoms in total. The Bertz CT molecular complexity index is 1410. The fourth-order valence-electron chi connectivity index (χ4n) is 3.75. The Hall–Kier alpha value is -2.95. The van der Waals surface area contributed by atoms with Crippen LogP contribution in [0, 0.1) is 0 Å². The van der Waals surface area contributed by atoms with Crippen molar-refractivity contribution in [1.82, 2.24) is 4.90 Å². The summed E-state index contributed by atoms with van der Waals surface area (Å²) >= 11 is 0. The van der Waals surface area contributed by atoms with Crippen LogP contribution in [0.15, 0.2) is 70.5 Å². The van der Waals surface area contributed by atoms with Crippen LogP contribution in [0.5, 0.6) is 0 Å². The lowest BCUT2D eigenvalue weighted by Crippen LogP contribution is -2.41. The Balaban J connectivity index is 1.63. The molecule has 0 aliphatic carbocycles. The van der Waals surface area contributed by atoms with Gasteiger partial charge in [0.1, 0.15) is 6.54 Å². The summed E-state index contributed by atoms with van der Waals surface area (Å²) < 4.78 is 50.6. The first-order chi connectivity index (χ1) is 14.5. The Morgan fingerprint density at radius 3 is 2.42 bits per heavy atom. The molecule has 0 saturated carbocycles. The Labute approximate surface area is 181 Å². The van der Waals surface area contributed by atoms with E-state index in [9.17, 15) is 21.6 Å². The van der Waals surface area contributed by atoms with E-state index >= 15 is 0 Å². The van der Waals surface area contributed by atoms with Crippen LogP contribution in [0.3, 0.4) is 0 Å². The zero-order valence-corrected chi connectivity index (χ0v) is 18.5. The van der Waals surface area contributed by atoms with Crippen molar-refractivity contribution in [2.75, 3.05) is 17.9 Å². The molecule has 162 valence electrons. The molecule has 0 fully saturated rings. The van der Waals surface area contributed by atoms with Crippen molar-refractivity contribution in [2.45, 2.75) is 22.8 Å². The van der Waals surface area contributed by atoms with E-state index in [0.29, 0.717) is 16.6 Å². The maximum atomic E-state index is 13.1. The van der Waals surface area contributed by atoms with Gasteiger partial charge in [-0.1, -0.05) is 36.4 Å². The Morgan fingerprint density at radius 1 is 1.10 bits per heavy atom. The number of sulfonamides is 2. The number of hydrogen-bond acceptors (Lipinski definition) is 5. The van der Waals surface area contributed by atoms with Gasteiger partial charge >= 0.3 is 0 Å². The molecule has 0 saturated heterocycles. The summed E-state index contributed by atoms with van der Waals surface area (Å²) in [6.45, 7) is 1.36. The highest BCUT2D eigenvalue weighted by atomic mass is 32.2. The molecule has 1 aliphatic rings. The van der Waals surface area contributed by atoms with E-state index in [1.165, 1.54) is 23.1 Å². The molecule has 1 atom stereocenters. The number of primary sulfonamides is 1. The van der Waals surface area contributed by atoms with Gasteiger partial charge in [0.2, 0.25) is 15.9 Å². The Kier molecular flexibility index (Phi) is 5.03. The van der Waals surface area contributed by atoms with Crippen molar-refractivity contribution < 1.29 is 21.6 Å². The van der Waals surface area contributed by atoms with Crippen LogP contribution in [-0.2, 0) is 24.8 Å². The van der Waals surface area contributed by atoms with Crippen molar-refractivity contribution in [1.29, 1.82) is 0 Å². The number of nitrogens with zero attached hydrogens (tertiary/aromatic N) is 2. The van der Waals surface area contributed by atoms with Gasteiger partial charge in [0.25, 0.3) is 10.0 Å². The molecule has 3 aromatic carbocycles. The second kappa shape index (κ2) is 7.33. The molecule has 10 heteroatoms. The van der Waals surface area contributed by atoms with Crippen LogP contribution in [0.25, 0.3) is 10.8 Å². The number of likely N-dealkylation sites (N-methyl/N-ethyl adjacent to an activating group) is 1. The van der Waals surface area contributed by atoms with Crippen LogP contribution < -0.4 is 9.44 Å². The monoisotopic (exact) mass is 459 g/mol.